The van der Waals surface area contributed by atoms with Crippen molar-refractivity contribution in [1.82, 2.24) is 9.78 Å². The number of fused-ring (bicyclic) bond motifs is 1. The lowest BCUT2D eigenvalue weighted by molar-refractivity contribution is 0.0599. The van der Waals surface area contributed by atoms with Crippen molar-refractivity contribution in [2.24, 2.45) is 0 Å². The van der Waals surface area contributed by atoms with Gasteiger partial charge in [0.2, 0.25) is 6.79 Å². The number of ether oxygens (including phenoxy) is 3. The Kier molecular flexibility index (Phi) is 4.67. The number of amides is 1. The molecule has 1 aliphatic heterocycles. The van der Waals surface area contributed by atoms with Gasteiger partial charge in [-0.15, -0.1) is 0 Å². The number of rotatable bonds is 5. The van der Waals surface area contributed by atoms with Gasteiger partial charge in [-0.25, -0.2) is 4.79 Å². The van der Waals surface area contributed by atoms with Crippen LogP contribution in [0, 0.1) is 0 Å². The summed E-state index contributed by atoms with van der Waals surface area (Å²) in [6.45, 7) is 0.519. The quantitative estimate of drug-likeness (QED) is 0.686. The summed E-state index contributed by atoms with van der Waals surface area (Å²) in [6, 6.07) is 12.1. The number of benzene rings is 2. The number of esters is 1. The molecule has 3 aromatic rings. The molecule has 1 N–H and O–H groups in total. The van der Waals surface area contributed by atoms with Crippen LogP contribution in [0.3, 0.4) is 0 Å². The monoisotopic (exact) mass is 379 g/mol. The highest BCUT2D eigenvalue weighted by atomic mass is 16.7. The van der Waals surface area contributed by atoms with E-state index in [1.54, 1.807) is 47.4 Å². The summed E-state index contributed by atoms with van der Waals surface area (Å²) in [4.78, 5) is 24.3. The van der Waals surface area contributed by atoms with Gasteiger partial charge in [-0.3, -0.25) is 9.48 Å². The molecule has 0 aliphatic carbocycles. The molecule has 0 saturated carbocycles. The zero-order chi connectivity index (χ0) is 19.5. The van der Waals surface area contributed by atoms with Crippen molar-refractivity contribution in [3.63, 3.8) is 0 Å². The molecule has 0 saturated heterocycles. The van der Waals surface area contributed by atoms with Crippen molar-refractivity contribution in [1.29, 1.82) is 0 Å². The molecule has 4 rings (SSSR count). The van der Waals surface area contributed by atoms with Crippen LogP contribution in [-0.4, -0.2) is 35.6 Å². The molecule has 2 aromatic carbocycles. The molecule has 8 heteroatoms. The van der Waals surface area contributed by atoms with E-state index in [9.17, 15) is 9.59 Å². The van der Waals surface area contributed by atoms with Gasteiger partial charge in [-0.1, -0.05) is 18.2 Å². The molecule has 0 fully saturated rings. The zero-order valence-corrected chi connectivity index (χ0v) is 15.0. The van der Waals surface area contributed by atoms with Gasteiger partial charge in [0, 0.05) is 11.8 Å². The summed E-state index contributed by atoms with van der Waals surface area (Å²) in [5.74, 6) is 0.475. The third kappa shape index (κ3) is 3.52. The average molecular weight is 379 g/mol. The summed E-state index contributed by atoms with van der Waals surface area (Å²) >= 11 is 0. The van der Waals surface area contributed by atoms with Crippen molar-refractivity contribution in [2.45, 2.75) is 6.54 Å². The van der Waals surface area contributed by atoms with Gasteiger partial charge >= 0.3 is 5.97 Å². The Morgan fingerprint density at radius 3 is 2.86 bits per heavy atom. The second-order valence-electron chi connectivity index (χ2n) is 6.10. The number of nitrogens with zero attached hydrogens (tertiary/aromatic N) is 2. The largest absolute Gasteiger partial charge is 0.465 e. The molecular formula is C20H17N3O5. The van der Waals surface area contributed by atoms with Gasteiger partial charge in [0.05, 0.1) is 31.1 Å². The Morgan fingerprint density at radius 1 is 1.18 bits per heavy atom. The minimum atomic E-state index is -0.404. The van der Waals surface area contributed by atoms with Crippen molar-refractivity contribution < 1.29 is 23.8 Å². The maximum absolute atomic E-state index is 12.5. The standard InChI is InChI=1S/C20H17N3O5/c1-26-20(25)16-5-3-2-4-14(16)10-23-11-15(9-21-23)22-19(24)13-6-7-17-18(8-13)28-12-27-17/h2-9,11H,10,12H2,1H3,(H,22,24). The van der Waals surface area contributed by atoms with Crippen LogP contribution < -0.4 is 14.8 Å². The van der Waals surface area contributed by atoms with Crippen molar-refractivity contribution >= 4 is 17.6 Å². The van der Waals surface area contributed by atoms with Gasteiger partial charge in [-0.05, 0) is 29.8 Å². The minimum absolute atomic E-state index is 0.153. The molecule has 1 aromatic heterocycles. The van der Waals surface area contributed by atoms with Gasteiger partial charge in [0.25, 0.3) is 5.91 Å². The highest BCUT2D eigenvalue weighted by Crippen LogP contribution is 2.32. The normalized spacial score (nSPS) is 11.9. The molecule has 28 heavy (non-hydrogen) atoms. The lowest BCUT2D eigenvalue weighted by Crippen LogP contribution is -2.11. The predicted octanol–water partition coefficient (Wildman–Crippen LogP) is 2.70. The Labute approximate surface area is 160 Å². The number of carbonyl (C=O) groups is 2. The fourth-order valence-electron chi connectivity index (χ4n) is 2.90. The first-order valence-electron chi connectivity index (χ1n) is 8.54. The van der Waals surface area contributed by atoms with E-state index in [0.717, 1.165) is 5.56 Å². The van der Waals surface area contributed by atoms with Crippen LogP contribution in [0.5, 0.6) is 11.5 Å². The zero-order valence-electron chi connectivity index (χ0n) is 15.0. The fourth-order valence-corrected chi connectivity index (χ4v) is 2.90. The van der Waals surface area contributed by atoms with E-state index in [-0.39, 0.29) is 12.7 Å². The highest BCUT2D eigenvalue weighted by molar-refractivity contribution is 6.04. The Morgan fingerprint density at radius 2 is 2.00 bits per heavy atom. The molecule has 1 aliphatic rings. The van der Waals surface area contributed by atoms with Crippen LogP contribution >= 0.6 is 0 Å². The highest BCUT2D eigenvalue weighted by Gasteiger charge is 2.17. The van der Waals surface area contributed by atoms with E-state index in [1.807, 2.05) is 12.1 Å². The number of nitrogens with one attached hydrogen (secondary N) is 1. The Balaban J connectivity index is 1.47. The molecule has 2 heterocycles. The van der Waals surface area contributed by atoms with E-state index in [2.05, 4.69) is 10.4 Å². The molecule has 142 valence electrons. The summed E-state index contributed by atoms with van der Waals surface area (Å²) in [7, 11) is 1.34. The number of hydrogen-bond acceptors (Lipinski definition) is 6. The first kappa shape index (κ1) is 17.6. The van der Waals surface area contributed by atoms with Crippen LogP contribution in [0.25, 0.3) is 0 Å². The summed E-state index contributed by atoms with van der Waals surface area (Å²) < 4.78 is 17.0. The first-order valence-corrected chi connectivity index (χ1v) is 8.54. The maximum atomic E-state index is 12.5. The van der Waals surface area contributed by atoms with Crippen LogP contribution in [-0.2, 0) is 11.3 Å². The second-order valence-corrected chi connectivity index (χ2v) is 6.10. The maximum Gasteiger partial charge on any atom is 0.338 e. The third-order valence-electron chi connectivity index (χ3n) is 4.28. The lowest BCUT2D eigenvalue weighted by atomic mass is 10.1. The van der Waals surface area contributed by atoms with Crippen LogP contribution in [0.2, 0.25) is 0 Å². The van der Waals surface area contributed by atoms with E-state index < -0.39 is 5.97 Å². The number of hydrogen-bond donors (Lipinski definition) is 1. The molecule has 0 bridgehead atoms. The van der Waals surface area contributed by atoms with Gasteiger partial charge in [0.15, 0.2) is 11.5 Å². The summed E-state index contributed by atoms with van der Waals surface area (Å²) in [6.07, 6.45) is 3.24. The second kappa shape index (κ2) is 7.43. The molecular weight excluding hydrogens is 362 g/mol. The number of carbonyl (C=O) groups excluding carboxylic acids is 2. The Bertz CT molecular complexity index is 1040. The van der Waals surface area contributed by atoms with E-state index in [1.165, 1.54) is 7.11 Å². The van der Waals surface area contributed by atoms with Crippen molar-refractivity contribution in [3.05, 3.63) is 71.5 Å². The van der Waals surface area contributed by atoms with Crippen LogP contribution in [0.1, 0.15) is 26.3 Å². The molecule has 0 unspecified atom stereocenters. The Hall–Kier alpha value is -3.81. The predicted molar refractivity (Wildman–Crippen MR) is 99.6 cm³/mol. The van der Waals surface area contributed by atoms with Gasteiger partial charge < -0.3 is 19.5 Å². The lowest BCUT2D eigenvalue weighted by Gasteiger charge is -2.07. The SMILES string of the molecule is COC(=O)c1ccccc1Cn1cc(NC(=O)c2ccc3c(c2)OCO3)cn1. The fraction of sp³-hybridized carbons (Fsp3) is 0.150. The number of aromatic nitrogens is 2. The minimum Gasteiger partial charge on any atom is -0.465 e. The molecule has 8 nitrogen and oxygen atoms in total. The van der Waals surface area contributed by atoms with Crippen molar-refractivity contribution in [3.8, 4) is 11.5 Å². The van der Waals surface area contributed by atoms with Gasteiger partial charge in [-0.2, -0.15) is 5.10 Å². The van der Waals surface area contributed by atoms with Crippen molar-refractivity contribution in [2.75, 3.05) is 19.2 Å². The smallest absolute Gasteiger partial charge is 0.338 e. The van der Waals surface area contributed by atoms with Crippen LogP contribution in [0.15, 0.2) is 54.9 Å². The average Bonchev–Trinajstić information content (AvgIpc) is 3.36. The van der Waals surface area contributed by atoms with Crippen LogP contribution in [0.4, 0.5) is 5.69 Å². The number of methoxy groups -OCH3 is 1. The first-order chi connectivity index (χ1) is 13.6. The summed E-state index contributed by atoms with van der Waals surface area (Å²) in [5.41, 5.74) is 2.24. The molecule has 1 amide bonds. The van der Waals surface area contributed by atoms with Gasteiger partial charge in [0.1, 0.15) is 0 Å². The van der Waals surface area contributed by atoms with E-state index >= 15 is 0 Å². The molecule has 0 atom stereocenters. The number of anilines is 1. The topological polar surface area (TPSA) is 91.7 Å². The summed E-state index contributed by atoms with van der Waals surface area (Å²) in [5, 5.41) is 7.04. The molecule has 0 spiro atoms. The molecule has 0 radical (unpaired) electrons. The van der Waals surface area contributed by atoms with E-state index in [0.29, 0.717) is 34.9 Å². The third-order valence-corrected chi connectivity index (χ3v) is 4.28. The van der Waals surface area contributed by atoms with E-state index in [4.69, 9.17) is 14.2 Å².